The van der Waals surface area contributed by atoms with E-state index < -0.39 is 17.6 Å². The number of nitrogens with zero attached hydrogens (tertiary/aromatic N) is 3. The van der Waals surface area contributed by atoms with Crippen LogP contribution < -0.4 is 5.43 Å². The fourth-order valence-corrected chi connectivity index (χ4v) is 2.05. The van der Waals surface area contributed by atoms with Crippen molar-refractivity contribution in [2.45, 2.75) is 6.18 Å². The summed E-state index contributed by atoms with van der Waals surface area (Å²) in [5, 5.41) is 3.72. The molecule has 0 aliphatic rings. The first-order chi connectivity index (χ1) is 12.4. The van der Waals surface area contributed by atoms with Crippen molar-refractivity contribution in [2.75, 3.05) is 0 Å². The number of nitrogens with one attached hydrogen (secondary N) is 1. The molecule has 0 radical (unpaired) electrons. The fourth-order valence-electron chi connectivity index (χ4n) is 2.05. The molecule has 1 amide bonds. The number of hydrogen-bond acceptors (Lipinski definition) is 5. The van der Waals surface area contributed by atoms with E-state index in [0.29, 0.717) is 0 Å². The van der Waals surface area contributed by atoms with Gasteiger partial charge in [-0.15, -0.1) is 0 Å². The molecule has 2 aromatic heterocycles. The highest BCUT2D eigenvalue weighted by Crippen LogP contribution is 2.32. The van der Waals surface area contributed by atoms with Crippen molar-refractivity contribution in [1.82, 2.24) is 15.4 Å². The Bertz CT molecular complexity index is 936. The molecule has 9 heteroatoms. The zero-order valence-corrected chi connectivity index (χ0v) is 13.1. The second kappa shape index (κ2) is 7.18. The number of carbonyl (C=O) groups excluding carboxylic acids is 1. The van der Waals surface area contributed by atoms with Crippen LogP contribution in [0.25, 0.3) is 11.3 Å². The summed E-state index contributed by atoms with van der Waals surface area (Å²) < 4.78 is 43.7. The zero-order valence-electron chi connectivity index (χ0n) is 13.1. The van der Waals surface area contributed by atoms with Gasteiger partial charge in [0.25, 0.3) is 5.91 Å². The third kappa shape index (κ3) is 4.12. The van der Waals surface area contributed by atoms with Crippen LogP contribution in [0.2, 0.25) is 0 Å². The van der Waals surface area contributed by atoms with Gasteiger partial charge in [-0.05, 0) is 24.3 Å². The van der Waals surface area contributed by atoms with Gasteiger partial charge in [-0.3, -0.25) is 9.78 Å². The van der Waals surface area contributed by atoms with Gasteiger partial charge in [0, 0.05) is 18.0 Å². The van der Waals surface area contributed by atoms with Crippen LogP contribution >= 0.6 is 0 Å². The summed E-state index contributed by atoms with van der Waals surface area (Å²) in [7, 11) is 0. The minimum Gasteiger partial charge on any atom is -0.455 e. The van der Waals surface area contributed by atoms with Crippen molar-refractivity contribution in [3.63, 3.8) is 0 Å². The summed E-state index contributed by atoms with van der Waals surface area (Å²) in [4.78, 5) is 19.3. The predicted molar refractivity (Wildman–Crippen MR) is 86.2 cm³/mol. The summed E-state index contributed by atoms with van der Waals surface area (Å²) in [6.07, 6.45) is 0.872. The molecule has 3 aromatic rings. The molecule has 0 fully saturated rings. The van der Waals surface area contributed by atoms with Crippen LogP contribution in [0.5, 0.6) is 0 Å². The van der Waals surface area contributed by atoms with Crippen molar-refractivity contribution in [3.05, 3.63) is 72.0 Å². The highest BCUT2D eigenvalue weighted by molar-refractivity contribution is 5.92. The van der Waals surface area contributed by atoms with E-state index in [1.165, 1.54) is 49.1 Å². The molecular weight excluding hydrogens is 349 g/mol. The lowest BCUT2D eigenvalue weighted by molar-refractivity contribution is -0.137. The van der Waals surface area contributed by atoms with E-state index >= 15 is 0 Å². The molecule has 26 heavy (non-hydrogen) atoms. The van der Waals surface area contributed by atoms with Gasteiger partial charge in [0.2, 0.25) is 0 Å². The first-order valence-corrected chi connectivity index (χ1v) is 7.30. The van der Waals surface area contributed by atoms with Crippen molar-refractivity contribution < 1.29 is 22.4 Å². The Hall–Kier alpha value is -3.49. The van der Waals surface area contributed by atoms with Gasteiger partial charge in [0.15, 0.2) is 0 Å². The number of benzene rings is 1. The molecule has 1 N–H and O–H groups in total. The van der Waals surface area contributed by atoms with Gasteiger partial charge in [0.05, 0.1) is 18.0 Å². The van der Waals surface area contributed by atoms with Gasteiger partial charge >= 0.3 is 6.18 Å². The van der Waals surface area contributed by atoms with Crippen LogP contribution in [0.15, 0.2) is 64.5 Å². The summed E-state index contributed by atoms with van der Waals surface area (Å²) in [5.74, 6) is -0.0475. The molecule has 0 aliphatic heterocycles. The second-order valence-corrected chi connectivity index (χ2v) is 5.07. The summed E-state index contributed by atoms with van der Waals surface area (Å²) >= 11 is 0. The first-order valence-electron chi connectivity index (χ1n) is 7.30. The maximum absolute atomic E-state index is 12.8. The van der Waals surface area contributed by atoms with Crippen LogP contribution in [0, 0.1) is 0 Å². The molecule has 0 bridgehead atoms. The van der Waals surface area contributed by atoms with Crippen LogP contribution in [-0.4, -0.2) is 22.1 Å². The van der Waals surface area contributed by atoms with Crippen LogP contribution in [0.4, 0.5) is 13.2 Å². The van der Waals surface area contributed by atoms with E-state index in [4.69, 9.17) is 4.42 Å². The minimum atomic E-state index is -4.43. The third-order valence-corrected chi connectivity index (χ3v) is 3.25. The molecule has 132 valence electrons. The average molecular weight is 360 g/mol. The van der Waals surface area contributed by atoms with E-state index in [9.17, 15) is 18.0 Å². The normalized spacial score (nSPS) is 11.7. The monoisotopic (exact) mass is 360 g/mol. The smallest absolute Gasteiger partial charge is 0.416 e. The number of alkyl halides is 3. The summed E-state index contributed by atoms with van der Waals surface area (Å²) in [6.45, 7) is 0. The molecule has 0 saturated carbocycles. The third-order valence-electron chi connectivity index (χ3n) is 3.25. The van der Waals surface area contributed by atoms with E-state index in [1.54, 1.807) is 0 Å². The quantitative estimate of drug-likeness (QED) is 0.570. The number of carbonyl (C=O) groups is 1. The maximum Gasteiger partial charge on any atom is 0.416 e. The Morgan fingerprint density at radius 1 is 1.19 bits per heavy atom. The number of halogens is 3. The molecule has 6 nitrogen and oxygen atoms in total. The van der Waals surface area contributed by atoms with Gasteiger partial charge in [-0.1, -0.05) is 12.1 Å². The second-order valence-electron chi connectivity index (χ2n) is 5.07. The minimum absolute atomic E-state index is 0.0914. The van der Waals surface area contributed by atoms with Gasteiger partial charge in [-0.25, -0.2) is 10.4 Å². The number of furan rings is 1. The zero-order chi connectivity index (χ0) is 18.6. The lowest BCUT2D eigenvalue weighted by atomic mass is 10.1. The lowest BCUT2D eigenvalue weighted by Gasteiger charge is -2.07. The predicted octanol–water partition coefficient (Wildman–Crippen LogP) is 3.52. The lowest BCUT2D eigenvalue weighted by Crippen LogP contribution is -2.18. The molecule has 0 atom stereocenters. The summed E-state index contributed by atoms with van der Waals surface area (Å²) in [5.41, 5.74) is 1.85. The Morgan fingerprint density at radius 3 is 2.77 bits per heavy atom. The van der Waals surface area contributed by atoms with Crippen LogP contribution in [0.1, 0.15) is 21.8 Å². The molecule has 1 aromatic carbocycles. The van der Waals surface area contributed by atoms with E-state index in [0.717, 1.165) is 12.1 Å². The fraction of sp³-hybridized carbons (Fsp3) is 0.0588. The number of rotatable bonds is 4. The van der Waals surface area contributed by atoms with Crippen LogP contribution in [0.3, 0.4) is 0 Å². The highest BCUT2D eigenvalue weighted by atomic mass is 19.4. The Labute approximate surface area is 145 Å². The van der Waals surface area contributed by atoms with Gasteiger partial charge in [0.1, 0.15) is 17.2 Å². The first kappa shape index (κ1) is 17.3. The van der Waals surface area contributed by atoms with Gasteiger partial charge < -0.3 is 4.42 Å². The molecule has 3 rings (SSSR count). The Morgan fingerprint density at radius 2 is 2.04 bits per heavy atom. The standard InChI is InChI=1S/C17H11F3N4O2/c18-17(19,20)12-3-1-2-11(8-12)15-5-4-13(26-15)9-23-24-16(25)14-10-21-6-7-22-14/h1-10H,(H,24,25). The van der Waals surface area contributed by atoms with Gasteiger partial charge in [-0.2, -0.15) is 18.3 Å². The van der Waals surface area contributed by atoms with E-state index in [2.05, 4.69) is 20.5 Å². The van der Waals surface area contributed by atoms with Crippen molar-refractivity contribution in [2.24, 2.45) is 5.10 Å². The number of hydrazone groups is 1. The largest absolute Gasteiger partial charge is 0.455 e. The number of aromatic nitrogens is 2. The number of hydrogen-bond donors (Lipinski definition) is 1. The molecule has 0 spiro atoms. The van der Waals surface area contributed by atoms with Crippen molar-refractivity contribution >= 4 is 12.1 Å². The Kier molecular flexibility index (Phi) is 4.78. The van der Waals surface area contributed by atoms with E-state index in [-0.39, 0.29) is 22.8 Å². The van der Waals surface area contributed by atoms with E-state index in [1.807, 2.05) is 0 Å². The average Bonchev–Trinajstić information content (AvgIpc) is 3.11. The highest BCUT2D eigenvalue weighted by Gasteiger charge is 2.30. The van der Waals surface area contributed by atoms with Crippen molar-refractivity contribution in [3.8, 4) is 11.3 Å². The molecule has 0 unspecified atom stereocenters. The number of amides is 1. The maximum atomic E-state index is 12.8. The van der Waals surface area contributed by atoms with Crippen LogP contribution in [-0.2, 0) is 6.18 Å². The topological polar surface area (TPSA) is 80.4 Å². The molecule has 0 saturated heterocycles. The molecule has 0 aliphatic carbocycles. The summed E-state index contributed by atoms with van der Waals surface area (Å²) in [6, 6.07) is 7.82. The van der Waals surface area contributed by atoms with Crippen molar-refractivity contribution in [1.29, 1.82) is 0 Å². The molecular formula is C17H11F3N4O2. The Balaban J connectivity index is 1.69. The molecule has 2 heterocycles. The SMILES string of the molecule is O=C(NN=Cc1ccc(-c2cccc(C(F)(F)F)c2)o1)c1cnccn1.